The SMILES string of the molecule is Cc1cccc(C(=O)NC[C@H]2CCO[C@@H]2C(C)C)n1. The lowest BCUT2D eigenvalue weighted by Gasteiger charge is -2.22. The number of aromatic nitrogens is 1. The van der Waals surface area contributed by atoms with Gasteiger partial charge in [0.25, 0.3) is 5.91 Å². The molecular weight excluding hydrogens is 240 g/mol. The molecule has 1 saturated heterocycles. The van der Waals surface area contributed by atoms with Gasteiger partial charge in [0.2, 0.25) is 0 Å². The highest BCUT2D eigenvalue weighted by Crippen LogP contribution is 2.26. The Labute approximate surface area is 114 Å². The number of rotatable bonds is 4. The van der Waals surface area contributed by atoms with Crippen LogP contribution in [0.4, 0.5) is 0 Å². The molecule has 1 aliphatic rings. The maximum Gasteiger partial charge on any atom is 0.269 e. The summed E-state index contributed by atoms with van der Waals surface area (Å²) in [5, 5.41) is 2.97. The van der Waals surface area contributed by atoms with Crippen LogP contribution in [0.2, 0.25) is 0 Å². The Morgan fingerprint density at radius 1 is 1.53 bits per heavy atom. The van der Waals surface area contributed by atoms with Crippen molar-refractivity contribution >= 4 is 5.91 Å². The number of nitrogens with one attached hydrogen (secondary N) is 1. The van der Waals surface area contributed by atoms with Gasteiger partial charge in [0, 0.05) is 24.8 Å². The molecule has 0 unspecified atom stereocenters. The van der Waals surface area contributed by atoms with Crippen molar-refractivity contribution in [1.82, 2.24) is 10.3 Å². The molecule has 2 heterocycles. The summed E-state index contributed by atoms with van der Waals surface area (Å²) in [7, 11) is 0. The average molecular weight is 262 g/mol. The van der Waals surface area contributed by atoms with Gasteiger partial charge in [0.15, 0.2) is 0 Å². The molecule has 1 aromatic heterocycles. The number of hydrogen-bond acceptors (Lipinski definition) is 3. The summed E-state index contributed by atoms with van der Waals surface area (Å²) in [5.41, 5.74) is 1.34. The van der Waals surface area contributed by atoms with Crippen LogP contribution in [0.5, 0.6) is 0 Å². The molecule has 4 nitrogen and oxygen atoms in total. The molecule has 4 heteroatoms. The molecule has 2 rings (SSSR count). The van der Waals surface area contributed by atoms with Crippen LogP contribution in [-0.2, 0) is 4.74 Å². The molecule has 0 aromatic carbocycles. The predicted octanol–water partition coefficient (Wildman–Crippen LogP) is 2.18. The van der Waals surface area contributed by atoms with Crippen molar-refractivity contribution in [3.8, 4) is 0 Å². The largest absolute Gasteiger partial charge is 0.378 e. The topological polar surface area (TPSA) is 51.2 Å². The fraction of sp³-hybridized carbons (Fsp3) is 0.600. The second-order valence-corrected chi connectivity index (χ2v) is 5.50. The normalized spacial score (nSPS) is 22.7. The van der Waals surface area contributed by atoms with Crippen molar-refractivity contribution in [3.05, 3.63) is 29.6 Å². The molecule has 1 amide bonds. The smallest absolute Gasteiger partial charge is 0.269 e. The van der Waals surface area contributed by atoms with Gasteiger partial charge in [-0.05, 0) is 31.4 Å². The van der Waals surface area contributed by atoms with E-state index >= 15 is 0 Å². The van der Waals surface area contributed by atoms with Crippen LogP contribution in [-0.4, -0.2) is 30.1 Å². The number of carbonyl (C=O) groups is 1. The first-order valence-corrected chi connectivity index (χ1v) is 6.91. The van der Waals surface area contributed by atoms with Crippen LogP contribution in [0.25, 0.3) is 0 Å². The zero-order chi connectivity index (χ0) is 13.8. The Morgan fingerprint density at radius 3 is 3.00 bits per heavy atom. The molecule has 1 aromatic rings. The highest BCUT2D eigenvalue weighted by molar-refractivity contribution is 5.92. The molecule has 0 saturated carbocycles. The first-order chi connectivity index (χ1) is 9.08. The summed E-state index contributed by atoms with van der Waals surface area (Å²) in [6.45, 7) is 7.67. The molecule has 19 heavy (non-hydrogen) atoms. The van der Waals surface area contributed by atoms with E-state index in [0.29, 0.717) is 24.1 Å². The summed E-state index contributed by atoms with van der Waals surface area (Å²) >= 11 is 0. The van der Waals surface area contributed by atoms with Crippen molar-refractivity contribution in [3.63, 3.8) is 0 Å². The van der Waals surface area contributed by atoms with Gasteiger partial charge < -0.3 is 10.1 Å². The zero-order valence-corrected chi connectivity index (χ0v) is 11.8. The van der Waals surface area contributed by atoms with E-state index in [1.807, 2.05) is 19.1 Å². The van der Waals surface area contributed by atoms with Crippen LogP contribution >= 0.6 is 0 Å². The summed E-state index contributed by atoms with van der Waals surface area (Å²) < 4.78 is 5.72. The number of pyridine rings is 1. The Morgan fingerprint density at radius 2 is 2.32 bits per heavy atom. The third-order valence-corrected chi connectivity index (χ3v) is 3.57. The van der Waals surface area contributed by atoms with Crippen LogP contribution < -0.4 is 5.32 Å². The number of carbonyl (C=O) groups excluding carboxylic acids is 1. The van der Waals surface area contributed by atoms with Gasteiger partial charge in [-0.15, -0.1) is 0 Å². The summed E-state index contributed by atoms with van der Waals surface area (Å²) in [5.74, 6) is 0.799. The van der Waals surface area contributed by atoms with Crippen molar-refractivity contribution < 1.29 is 9.53 Å². The second kappa shape index (κ2) is 6.15. The minimum Gasteiger partial charge on any atom is -0.378 e. The maximum atomic E-state index is 12.0. The van der Waals surface area contributed by atoms with E-state index in [4.69, 9.17) is 4.74 Å². The lowest BCUT2D eigenvalue weighted by Crippen LogP contribution is -2.35. The van der Waals surface area contributed by atoms with Gasteiger partial charge in [-0.1, -0.05) is 19.9 Å². The minimum absolute atomic E-state index is 0.0990. The van der Waals surface area contributed by atoms with Crippen molar-refractivity contribution in [2.24, 2.45) is 11.8 Å². The Bertz CT molecular complexity index is 446. The molecule has 2 atom stereocenters. The summed E-state index contributed by atoms with van der Waals surface area (Å²) in [6, 6.07) is 5.48. The minimum atomic E-state index is -0.0990. The van der Waals surface area contributed by atoms with E-state index in [1.165, 1.54) is 0 Å². The molecule has 0 aliphatic carbocycles. The lowest BCUT2D eigenvalue weighted by atomic mass is 9.93. The predicted molar refractivity (Wildman–Crippen MR) is 74.0 cm³/mol. The Hall–Kier alpha value is -1.42. The molecule has 1 aliphatic heterocycles. The van der Waals surface area contributed by atoms with Gasteiger partial charge in [-0.2, -0.15) is 0 Å². The van der Waals surface area contributed by atoms with E-state index in [0.717, 1.165) is 18.7 Å². The molecule has 104 valence electrons. The van der Waals surface area contributed by atoms with Gasteiger partial charge >= 0.3 is 0 Å². The van der Waals surface area contributed by atoms with Gasteiger partial charge in [0.1, 0.15) is 5.69 Å². The zero-order valence-electron chi connectivity index (χ0n) is 11.8. The van der Waals surface area contributed by atoms with Gasteiger partial charge in [-0.25, -0.2) is 4.98 Å². The van der Waals surface area contributed by atoms with E-state index in [1.54, 1.807) is 6.07 Å². The van der Waals surface area contributed by atoms with Crippen LogP contribution in [0.3, 0.4) is 0 Å². The maximum absolute atomic E-state index is 12.0. The van der Waals surface area contributed by atoms with Crippen molar-refractivity contribution in [1.29, 1.82) is 0 Å². The third kappa shape index (κ3) is 3.53. The molecular formula is C15H22N2O2. The highest BCUT2D eigenvalue weighted by Gasteiger charge is 2.30. The van der Waals surface area contributed by atoms with Gasteiger partial charge in [-0.3, -0.25) is 4.79 Å². The van der Waals surface area contributed by atoms with Crippen LogP contribution in [0.1, 0.15) is 36.5 Å². The van der Waals surface area contributed by atoms with Crippen molar-refractivity contribution in [2.45, 2.75) is 33.3 Å². The fourth-order valence-corrected chi connectivity index (χ4v) is 2.59. The molecule has 0 spiro atoms. The molecule has 1 fully saturated rings. The Kier molecular flexibility index (Phi) is 4.53. The standard InChI is InChI=1S/C15H22N2O2/c1-10(2)14-12(7-8-19-14)9-16-15(18)13-6-4-5-11(3)17-13/h4-6,10,12,14H,7-9H2,1-3H3,(H,16,18)/t12-,14-/m1/s1. The lowest BCUT2D eigenvalue weighted by molar-refractivity contribution is 0.0533. The summed E-state index contributed by atoms with van der Waals surface area (Å²) in [6.07, 6.45) is 1.27. The van der Waals surface area contributed by atoms with Gasteiger partial charge in [0.05, 0.1) is 6.10 Å². The van der Waals surface area contributed by atoms with E-state index in [-0.39, 0.29) is 12.0 Å². The highest BCUT2D eigenvalue weighted by atomic mass is 16.5. The Balaban J connectivity index is 1.90. The van der Waals surface area contributed by atoms with Crippen LogP contribution in [0.15, 0.2) is 18.2 Å². The average Bonchev–Trinajstić information content (AvgIpc) is 2.84. The van der Waals surface area contributed by atoms with E-state index < -0.39 is 0 Å². The van der Waals surface area contributed by atoms with E-state index in [9.17, 15) is 4.79 Å². The van der Waals surface area contributed by atoms with Crippen molar-refractivity contribution in [2.75, 3.05) is 13.2 Å². The fourth-order valence-electron chi connectivity index (χ4n) is 2.59. The number of hydrogen-bond donors (Lipinski definition) is 1. The first-order valence-electron chi connectivity index (χ1n) is 6.91. The second-order valence-electron chi connectivity index (χ2n) is 5.50. The number of ether oxygens (including phenoxy) is 1. The number of nitrogens with zero attached hydrogens (tertiary/aromatic N) is 1. The third-order valence-electron chi connectivity index (χ3n) is 3.57. The van der Waals surface area contributed by atoms with E-state index in [2.05, 4.69) is 24.1 Å². The van der Waals surface area contributed by atoms with Crippen LogP contribution in [0, 0.1) is 18.8 Å². The molecule has 0 bridgehead atoms. The number of aryl methyl sites for hydroxylation is 1. The first kappa shape index (κ1) is 14.0. The quantitative estimate of drug-likeness (QED) is 0.905. The number of amides is 1. The molecule has 0 radical (unpaired) electrons. The summed E-state index contributed by atoms with van der Waals surface area (Å²) in [4.78, 5) is 16.2. The monoisotopic (exact) mass is 262 g/mol. The molecule has 1 N–H and O–H groups in total.